The molecule has 0 bridgehead atoms. The standard InChI is InChI=1S/C19H24N2O2.ClH/c1-19(2)13-21(11-10-17(19)20)18(22)12-23-16-9-5-7-14-6-3-4-8-15(14)16;/h3-9,17H,10-13,20H2,1-2H3;1H. The van der Waals surface area contributed by atoms with Crippen molar-refractivity contribution >= 4 is 29.1 Å². The average molecular weight is 349 g/mol. The molecule has 24 heavy (non-hydrogen) atoms. The number of carbonyl (C=O) groups is 1. The summed E-state index contributed by atoms with van der Waals surface area (Å²) in [6.07, 6.45) is 0.840. The molecule has 1 atom stereocenters. The number of rotatable bonds is 3. The van der Waals surface area contributed by atoms with E-state index in [2.05, 4.69) is 13.8 Å². The van der Waals surface area contributed by atoms with Crippen LogP contribution in [-0.2, 0) is 4.79 Å². The number of piperidine rings is 1. The number of halogens is 1. The summed E-state index contributed by atoms with van der Waals surface area (Å²) in [6, 6.07) is 14.1. The van der Waals surface area contributed by atoms with Gasteiger partial charge in [-0.15, -0.1) is 12.4 Å². The van der Waals surface area contributed by atoms with E-state index in [0.717, 1.165) is 22.9 Å². The molecule has 1 heterocycles. The molecule has 0 radical (unpaired) electrons. The Morgan fingerprint density at radius 1 is 1.25 bits per heavy atom. The van der Waals surface area contributed by atoms with Crippen molar-refractivity contribution in [3.8, 4) is 5.75 Å². The van der Waals surface area contributed by atoms with E-state index in [4.69, 9.17) is 10.5 Å². The fourth-order valence-corrected chi connectivity index (χ4v) is 3.14. The second-order valence-corrected chi connectivity index (χ2v) is 6.97. The zero-order valence-corrected chi connectivity index (χ0v) is 15.0. The van der Waals surface area contributed by atoms with Crippen LogP contribution in [0.3, 0.4) is 0 Å². The van der Waals surface area contributed by atoms with Gasteiger partial charge in [0.25, 0.3) is 5.91 Å². The van der Waals surface area contributed by atoms with Crippen LogP contribution in [-0.4, -0.2) is 36.5 Å². The normalized spacial score (nSPS) is 19.6. The number of ether oxygens (including phenoxy) is 1. The van der Waals surface area contributed by atoms with Crippen LogP contribution in [0.4, 0.5) is 0 Å². The summed E-state index contributed by atoms with van der Waals surface area (Å²) >= 11 is 0. The molecule has 1 aliphatic heterocycles. The first-order valence-corrected chi connectivity index (χ1v) is 8.11. The van der Waals surface area contributed by atoms with Gasteiger partial charge in [0.15, 0.2) is 6.61 Å². The number of nitrogens with two attached hydrogens (primary N) is 1. The van der Waals surface area contributed by atoms with Gasteiger partial charge in [0.05, 0.1) is 0 Å². The molecule has 4 nitrogen and oxygen atoms in total. The third-order valence-electron chi connectivity index (χ3n) is 4.77. The lowest BCUT2D eigenvalue weighted by molar-refractivity contribution is -0.136. The molecule has 1 saturated heterocycles. The van der Waals surface area contributed by atoms with Gasteiger partial charge in [-0.2, -0.15) is 0 Å². The van der Waals surface area contributed by atoms with E-state index in [1.165, 1.54) is 0 Å². The zero-order chi connectivity index (χ0) is 16.4. The smallest absolute Gasteiger partial charge is 0.260 e. The van der Waals surface area contributed by atoms with Crippen molar-refractivity contribution in [2.45, 2.75) is 26.3 Å². The minimum Gasteiger partial charge on any atom is -0.483 e. The molecule has 0 aliphatic carbocycles. The molecule has 0 saturated carbocycles. The summed E-state index contributed by atoms with van der Waals surface area (Å²) in [5.41, 5.74) is 6.08. The number of hydrogen-bond donors (Lipinski definition) is 1. The minimum absolute atomic E-state index is 0. The average Bonchev–Trinajstić information content (AvgIpc) is 2.55. The fraction of sp³-hybridized carbons (Fsp3) is 0.421. The number of amides is 1. The molecule has 130 valence electrons. The van der Waals surface area contributed by atoms with Gasteiger partial charge in [-0.05, 0) is 23.3 Å². The molecule has 0 spiro atoms. The monoisotopic (exact) mass is 348 g/mol. The Morgan fingerprint density at radius 3 is 2.71 bits per heavy atom. The highest BCUT2D eigenvalue weighted by atomic mass is 35.5. The van der Waals surface area contributed by atoms with Crippen molar-refractivity contribution in [1.29, 1.82) is 0 Å². The van der Waals surface area contributed by atoms with Crippen molar-refractivity contribution in [2.75, 3.05) is 19.7 Å². The lowest BCUT2D eigenvalue weighted by Gasteiger charge is -2.42. The van der Waals surface area contributed by atoms with Gasteiger partial charge in [0.1, 0.15) is 5.75 Å². The Hall–Kier alpha value is -1.78. The van der Waals surface area contributed by atoms with E-state index in [1.54, 1.807) is 0 Å². The number of fused-ring (bicyclic) bond motifs is 1. The molecule has 2 aromatic carbocycles. The van der Waals surface area contributed by atoms with Crippen molar-refractivity contribution in [3.05, 3.63) is 42.5 Å². The van der Waals surface area contributed by atoms with E-state index in [0.29, 0.717) is 13.1 Å². The summed E-state index contributed by atoms with van der Waals surface area (Å²) in [5, 5.41) is 2.14. The Morgan fingerprint density at radius 2 is 1.96 bits per heavy atom. The number of carbonyl (C=O) groups excluding carboxylic acids is 1. The summed E-state index contributed by atoms with van der Waals surface area (Å²) in [4.78, 5) is 14.3. The van der Waals surface area contributed by atoms with Gasteiger partial charge in [-0.3, -0.25) is 4.79 Å². The van der Waals surface area contributed by atoms with Crippen LogP contribution in [0.25, 0.3) is 10.8 Å². The van der Waals surface area contributed by atoms with Crippen molar-refractivity contribution in [3.63, 3.8) is 0 Å². The number of benzene rings is 2. The molecule has 3 rings (SSSR count). The van der Waals surface area contributed by atoms with Gasteiger partial charge >= 0.3 is 0 Å². The SMILES string of the molecule is CC1(C)CN(C(=O)COc2cccc3ccccc23)CCC1N.Cl. The van der Waals surface area contributed by atoms with Crippen molar-refractivity contribution in [2.24, 2.45) is 11.1 Å². The van der Waals surface area contributed by atoms with E-state index in [-0.39, 0.29) is 36.4 Å². The maximum atomic E-state index is 12.5. The first-order valence-electron chi connectivity index (χ1n) is 8.11. The van der Waals surface area contributed by atoms with Crippen LogP contribution in [0.1, 0.15) is 20.3 Å². The molecule has 1 amide bonds. The highest BCUT2D eigenvalue weighted by Crippen LogP contribution is 2.28. The number of likely N-dealkylation sites (tertiary alicyclic amines) is 1. The predicted octanol–water partition coefficient (Wildman–Crippen LogP) is 3.23. The Labute approximate surface area is 149 Å². The fourth-order valence-electron chi connectivity index (χ4n) is 3.14. The van der Waals surface area contributed by atoms with Crippen LogP contribution in [0.2, 0.25) is 0 Å². The van der Waals surface area contributed by atoms with E-state index in [1.807, 2.05) is 47.4 Å². The Kier molecular flexibility index (Phi) is 5.73. The second kappa shape index (κ2) is 7.41. The molecule has 0 aromatic heterocycles. The highest BCUT2D eigenvalue weighted by molar-refractivity contribution is 5.88. The molecule has 5 heteroatoms. The van der Waals surface area contributed by atoms with Crippen LogP contribution >= 0.6 is 12.4 Å². The van der Waals surface area contributed by atoms with Crippen LogP contribution in [0, 0.1) is 5.41 Å². The Balaban J connectivity index is 0.00000208. The first kappa shape index (κ1) is 18.6. The topological polar surface area (TPSA) is 55.6 Å². The van der Waals surface area contributed by atoms with Gasteiger partial charge in [-0.1, -0.05) is 50.2 Å². The quantitative estimate of drug-likeness (QED) is 0.926. The predicted molar refractivity (Wildman–Crippen MR) is 99.6 cm³/mol. The zero-order valence-electron chi connectivity index (χ0n) is 14.2. The summed E-state index contributed by atoms with van der Waals surface area (Å²) in [5.74, 6) is 0.780. The lowest BCUT2D eigenvalue weighted by atomic mass is 9.80. The number of hydrogen-bond acceptors (Lipinski definition) is 3. The third-order valence-corrected chi connectivity index (χ3v) is 4.77. The first-order chi connectivity index (χ1) is 11.0. The highest BCUT2D eigenvalue weighted by Gasteiger charge is 2.35. The minimum atomic E-state index is -0.0483. The van der Waals surface area contributed by atoms with Gasteiger partial charge in [-0.25, -0.2) is 0 Å². The second-order valence-electron chi connectivity index (χ2n) is 6.97. The largest absolute Gasteiger partial charge is 0.483 e. The molecular weight excluding hydrogens is 324 g/mol. The summed E-state index contributed by atoms with van der Waals surface area (Å²) < 4.78 is 5.81. The lowest BCUT2D eigenvalue weighted by Crippen LogP contribution is -2.54. The summed E-state index contributed by atoms with van der Waals surface area (Å²) in [6.45, 7) is 5.69. The Bertz CT molecular complexity index is 712. The maximum Gasteiger partial charge on any atom is 0.260 e. The van der Waals surface area contributed by atoms with Crippen LogP contribution < -0.4 is 10.5 Å². The van der Waals surface area contributed by atoms with Gasteiger partial charge in [0.2, 0.25) is 0 Å². The van der Waals surface area contributed by atoms with E-state index in [9.17, 15) is 4.79 Å². The van der Waals surface area contributed by atoms with Gasteiger partial charge < -0.3 is 15.4 Å². The van der Waals surface area contributed by atoms with E-state index >= 15 is 0 Å². The van der Waals surface area contributed by atoms with Gasteiger partial charge in [0, 0.05) is 24.5 Å². The molecule has 2 aromatic rings. The van der Waals surface area contributed by atoms with Crippen molar-refractivity contribution < 1.29 is 9.53 Å². The molecule has 2 N–H and O–H groups in total. The summed E-state index contributed by atoms with van der Waals surface area (Å²) in [7, 11) is 0. The number of nitrogens with zero attached hydrogens (tertiary/aromatic N) is 1. The van der Waals surface area contributed by atoms with Crippen LogP contribution in [0.5, 0.6) is 5.75 Å². The third kappa shape index (κ3) is 3.82. The molecular formula is C19H25ClN2O2. The molecule has 1 fully saturated rings. The van der Waals surface area contributed by atoms with Crippen LogP contribution in [0.15, 0.2) is 42.5 Å². The van der Waals surface area contributed by atoms with Crippen molar-refractivity contribution in [1.82, 2.24) is 4.90 Å². The van der Waals surface area contributed by atoms with E-state index < -0.39 is 0 Å². The molecule has 1 aliphatic rings. The maximum absolute atomic E-state index is 12.5. The molecule has 1 unspecified atom stereocenters.